The zero-order valence-corrected chi connectivity index (χ0v) is 18.1. The molecule has 0 aliphatic carbocycles. The van der Waals surface area contributed by atoms with Crippen LogP contribution in [0.25, 0.3) is 0 Å². The van der Waals surface area contributed by atoms with Crippen molar-refractivity contribution in [2.45, 2.75) is 33.2 Å². The molecule has 1 saturated heterocycles. The van der Waals surface area contributed by atoms with Gasteiger partial charge in [0.15, 0.2) is 0 Å². The molecule has 2 aromatic rings. The number of rotatable bonds is 7. The molecule has 29 heavy (non-hydrogen) atoms. The number of aromatic nitrogens is 1. The smallest absolute Gasteiger partial charge is 0.322 e. The lowest BCUT2D eigenvalue weighted by Crippen LogP contribution is -2.37. The monoisotopic (exact) mass is 416 g/mol. The quantitative estimate of drug-likeness (QED) is 0.747. The number of aryl methyl sites for hydroxylation is 2. The molecule has 1 aliphatic rings. The normalized spacial score (nSPS) is 13.6. The highest BCUT2D eigenvalue weighted by molar-refractivity contribution is 7.09. The lowest BCUT2D eigenvalue weighted by Gasteiger charge is -2.23. The fourth-order valence-corrected chi connectivity index (χ4v) is 4.16. The molecule has 8 heteroatoms. The summed E-state index contributed by atoms with van der Waals surface area (Å²) in [5.74, 6) is -0.0200. The van der Waals surface area contributed by atoms with Crippen molar-refractivity contribution in [3.8, 4) is 0 Å². The first-order chi connectivity index (χ1) is 14.0. The van der Waals surface area contributed by atoms with Crippen LogP contribution in [0.4, 0.5) is 10.5 Å². The number of hydrogen-bond acceptors (Lipinski definition) is 5. The van der Waals surface area contributed by atoms with E-state index in [9.17, 15) is 9.59 Å². The summed E-state index contributed by atoms with van der Waals surface area (Å²) < 4.78 is 5.17. The number of amides is 3. The SMILES string of the molecule is COCCN(Cc1nc(C(=O)N2CCCC2)cs1)C(=O)Nc1c(C)cccc1C. The minimum Gasteiger partial charge on any atom is -0.383 e. The van der Waals surface area contributed by atoms with Gasteiger partial charge in [-0.25, -0.2) is 9.78 Å². The van der Waals surface area contributed by atoms with Crippen molar-refractivity contribution in [2.24, 2.45) is 0 Å². The number of ether oxygens (including phenoxy) is 1. The first-order valence-electron chi connectivity index (χ1n) is 9.84. The summed E-state index contributed by atoms with van der Waals surface area (Å²) in [6.45, 7) is 6.72. The Morgan fingerprint density at radius 2 is 1.93 bits per heavy atom. The Labute approximate surface area is 175 Å². The van der Waals surface area contributed by atoms with Gasteiger partial charge in [-0.2, -0.15) is 0 Å². The van der Waals surface area contributed by atoms with Crippen molar-refractivity contribution >= 4 is 29.0 Å². The maximum absolute atomic E-state index is 12.9. The van der Waals surface area contributed by atoms with Crippen molar-refractivity contribution in [3.63, 3.8) is 0 Å². The van der Waals surface area contributed by atoms with Gasteiger partial charge in [0, 0.05) is 37.8 Å². The van der Waals surface area contributed by atoms with Gasteiger partial charge in [-0.1, -0.05) is 18.2 Å². The minimum absolute atomic E-state index is 0.0200. The van der Waals surface area contributed by atoms with E-state index in [-0.39, 0.29) is 11.9 Å². The largest absolute Gasteiger partial charge is 0.383 e. The standard InChI is InChI=1S/C21H28N4O3S/c1-15-7-6-8-16(2)19(15)23-21(27)25(11-12-28-3)13-18-22-17(14-29-18)20(26)24-9-4-5-10-24/h6-8,14H,4-5,9-13H2,1-3H3,(H,23,27). The van der Waals surface area contributed by atoms with Gasteiger partial charge in [-0.05, 0) is 37.8 Å². The first-order valence-corrected chi connectivity index (χ1v) is 10.7. The molecule has 1 aromatic heterocycles. The van der Waals surface area contributed by atoms with Gasteiger partial charge in [0.1, 0.15) is 10.7 Å². The molecule has 0 spiro atoms. The van der Waals surface area contributed by atoms with E-state index in [2.05, 4.69) is 10.3 Å². The number of hydrogen-bond donors (Lipinski definition) is 1. The number of carbonyl (C=O) groups excluding carboxylic acids is 2. The van der Waals surface area contributed by atoms with Crippen LogP contribution in [0.15, 0.2) is 23.6 Å². The third-order valence-electron chi connectivity index (χ3n) is 5.06. The van der Waals surface area contributed by atoms with Gasteiger partial charge >= 0.3 is 6.03 Å². The van der Waals surface area contributed by atoms with Crippen molar-refractivity contribution in [3.05, 3.63) is 45.4 Å². The fourth-order valence-electron chi connectivity index (χ4n) is 3.38. The molecule has 0 unspecified atom stereocenters. The van der Waals surface area contributed by atoms with E-state index >= 15 is 0 Å². The molecule has 3 amide bonds. The fraction of sp³-hybridized carbons (Fsp3) is 0.476. The second-order valence-electron chi connectivity index (χ2n) is 7.24. The Kier molecular flexibility index (Phi) is 7.22. The number of methoxy groups -OCH3 is 1. The highest BCUT2D eigenvalue weighted by Gasteiger charge is 2.23. The topological polar surface area (TPSA) is 74.8 Å². The Bertz CT molecular complexity index is 841. The van der Waals surface area contributed by atoms with Gasteiger partial charge in [0.25, 0.3) is 5.91 Å². The molecule has 0 saturated carbocycles. The summed E-state index contributed by atoms with van der Waals surface area (Å²) in [6, 6.07) is 5.71. The summed E-state index contributed by atoms with van der Waals surface area (Å²) >= 11 is 1.41. The molecule has 7 nitrogen and oxygen atoms in total. The third-order valence-corrected chi connectivity index (χ3v) is 5.89. The van der Waals surface area contributed by atoms with Crippen LogP contribution >= 0.6 is 11.3 Å². The molecule has 3 rings (SSSR count). The minimum atomic E-state index is -0.206. The lowest BCUT2D eigenvalue weighted by molar-refractivity contribution is 0.0787. The van der Waals surface area contributed by atoms with Crippen molar-refractivity contribution in [2.75, 3.05) is 38.7 Å². The van der Waals surface area contributed by atoms with Crippen LogP contribution < -0.4 is 5.32 Å². The molecule has 0 bridgehead atoms. The molecule has 0 radical (unpaired) electrons. The maximum Gasteiger partial charge on any atom is 0.322 e. The first kappa shape index (κ1) is 21.3. The molecule has 1 aliphatic heterocycles. The van der Waals surface area contributed by atoms with E-state index < -0.39 is 0 Å². The van der Waals surface area contributed by atoms with E-state index in [1.165, 1.54) is 11.3 Å². The number of urea groups is 1. The average molecular weight is 417 g/mol. The number of carbonyl (C=O) groups is 2. The highest BCUT2D eigenvalue weighted by atomic mass is 32.1. The van der Waals surface area contributed by atoms with Gasteiger partial charge in [-0.15, -0.1) is 11.3 Å². The van der Waals surface area contributed by atoms with Crippen LogP contribution in [0.2, 0.25) is 0 Å². The van der Waals surface area contributed by atoms with Gasteiger partial charge in [0.2, 0.25) is 0 Å². The summed E-state index contributed by atoms with van der Waals surface area (Å²) in [5.41, 5.74) is 3.31. The molecular formula is C21H28N4O3S. The number of anilines is 1. The predicted octanol–water partition coefficient (Wildman–Crippen LogP) is 3.68. The van der Waals surface area contributed by atoms with E-state index in [1.807, 2.05) is 36.9 Å². The van der Waals surface area contributed by atoms with Crippen LogP contribution in [0.1, 0.15) is 39.5 Å². The van der Waals surface area contributed by atoms with Gasteiger partial charge < -0.3 is 19.9 Å². The Balaban J connectivity index is 1.70. The molecule has 1 aromatic carbocycles. The second kappa shape index (κ2) is 9.84. The van der Waals surface area contributed by atoms with Crippen molar-refractivity contribution in [1.29, 1.82) is 0 Å². The zero-order chi connectivity index (χ0) is 20.8. The third kappa shape index (κ3) is 5.33. The van der Waals surface area contributed by atoms with Crippen LogP contribution in [0, 0.1) is 13.8 Å². The van der Waals surface area contributed by atoms with Crippen molar-refractivity contribution < 1.29 is 14.3 Å². The van der Waals surface area contributed by atoms with E-state index in [0.717, 1.165) is 47.8 Å². The number of benzene rings is 1. The van der Waals surface area contributed by atoms with Crippen molar-refractivity contribution in [1.82, 2.24) is 14.8 Å². The predicted molar refractivity (Wildman–Crippen MR) is 114 cm³/mol. The van der Waals surface area contributed by atoms with E-state index in [0.29, 0.717) is 25.4 Å². The lowest BCUT2D eigenvalue weighted by atomic mass is 10.1. The highest BCUT2D eigenvalue weighted by Crippen LogP contribution is 2.21. The number of para-hydroxylation sites is 1. The number of likely N-dealkylation sites (tertiary alicyclic amines) is 1. The summed E-state index contributed by atoms with van der Waals surface area (Å²) in [6.07, 6.45) is 2.10. The molecule has 156 valence electrons. The van der Waals surface area contributed by atoms with E-state index in [1.54, 1.807) is 17.4 Å². The molecular weight excluding hydrogens is 388 g/mol. The zero-order valence-electron chi connectivity index (χ0n) is 17.2. The second-order valence-corrected chi connectivity index (χ2v) is 8.18. The van der Waals surface area contributed by atoms with Crippen LogP contribution in [-0.4, -0.2) is 60.1 Å². The summed E-state index contributed by atoms with van der Waals surface area (Å²) in [4.78, 5) is 33.5. The summed E-state index contributed by atoms with van der Waals surface area (Å²) in [7, 11) is 1.61. The number of nitrogens with zero attached hydrogens (tertiary/aromatic N) is 3. The molecule has 1 fully saturated rings. The number of thiazole rings is 1. The Hall–Kier alpha value is -2.45. The van der Waals surface area contributed by atoms with Crippen LogP contribution in [0.5, 0.6) is 0 Å². The van der Waals surface area contributed by atoms with Crippen LogP contribution in [0.3, 0.4) is 0 Å². The van der Waals surface area contributed by atoms with Crippen LogP contribution in [-0.2, 0) is 11.3 Å². The molecule has 0 atom stereocenters. The average Bonchev–Trinajstić information content (AvgIpc) is 3.39. The van der Waals surface area contributed by atoms with Gasteiger partial charge in [0.05, 0.1) is 13.2 Å². The Morgan fingerprint density at radius 1 is 1.24 bits per heavy atom. The summed E-state index contributed by atoms with van der Waals surface area (Å²) in [5, 5.41) is 5.54. The van der Waals surface area contributed by atoms with Gasteiger partial charge in [-0.3, -0.25) is 4.79 Å². The molecule has 1 N–H and O–H groups in total. The Morgan fingerprint density at radius 3 is 2.59 bits per heavy atom. The maximum atomic E-state index is 12.9. The molecule has 2 heterocycles. The number of nitrogens with one attached hydrogen (secondary N) is 1. The van der Waals surface area contributed by atoms with E-state index in [4.69, 9.17) is 4.74 Å².